The van der Waals surface area contributed by atoms with Gasteiger partial charge in [-0.05, 0) is 17.8 Å². The topological polar surface area (TPSA) is 62.5 Å². The zero-order chi connectivity index (χ0) is 12.9. The second-order valence-corrected chi connectivity index (χ2v) is 4.19. The molecule has 0 aliphatic heterocycles. The van der Waals surface area contributed by atoms with Gasteiger partial charge in [0.05, 0.1) is 12.8 Å². The fraction of sp³-hybridized carbons (Fsp3) is 0.444. The van der Waals surface area contributed by atoms with Crippen molar-refractivity contribution in [2.75, 3.05) is 12.3 Å². The Balaban J connectivity index is 2.27. The number of nitrogens with one attached hydrogen (secondary N) is 1. The van der Waals surface area contributed by atoms with Crippen LogP contribution >= 0.6 is 11.8 Å². The van der Waals surface area contributed by atoms with Gasteiger partial charge in [-0.2, -0.15) is 13.2 Å². The van der Waals surface area contributed by atoms with Gasteiger partial charge in [0.15, 0.2) is 0 Å². The molecule has 0 unspecified atom stereocenters. The van der Waals surface area contributed by atoms with Gasteiger partial charge in [-0.25, -0.2) is 4.79 Å². The molecular formula is C9H10F3NO3S. The van der Waals surface area contributed by atoms with E-state index in [1.54, 1.807) is 0 Å². The molecule has 0 atom stereocenters. The van der Waals surface area contributed by atoms with Crippen LogP contribution in [-0.2, 0) is 6.54 Å². The van der Waals surface area contributed by atoms with Crippen LogP contribution in [0.5, 0.6) is 0 Å². The van der Waals surface area contributed by atoms with Gasteiger partial charge in [0.2, 0.25) is 0 Å². The monoisotopic (exact) mass is 269 g/mol. The SMILES string of the molecule is O=C(O)c1ccoc1CNCCSC(F)(F)F. The fourth-order valence-corrected chi connectivity index (χ4v) is 1.59. The Bertz CT molecular complexity index is 378. The predicted octanol–water partition coefficient (Wildman–Crippen LogP) is 2.32. The van der Waals surface area contributed by atoms with Gasteiger partial charge in [0.25, 0.3) is 0 Å². The second kappa shape index (κ2) is 5.97. The number of carboxylic acids is 1. The molecule has 0 radical (unpaired) electrons. The Morgan fingerprint density at radius 3 is 2.82 bits per heavy atom. The molecule has 1 aromatic rings. The maximum absolute atomic E-state index is 11.8. The van der Waals surface area contributed by atoms with E-state index >= 15 is 0 Å². The number of hydrogen-bond donors (Lipinski definition) is 2. The van der Waals surface area contributed by atoms with Gasteiger partial charge in [-0.15, -0.1) is 0 Å². The normalized spacial score (nSPS) is 11.7. The second-order valence-electron chi connectivity index (χ2n) is 3.03. The summed E-state index contributed by atoms with van der Waals surface area (Å²) in [5.74, 6) is -1.05. The highest BCUT2D eigenvalue weighted by Gasteiger charge is 2.27. The fourth-order valence-electron chi connectivity index (χ4n) is 1.11. The highest BCUT2D eigenvalue weighted by molar-refractivity contribution is 8.00. The number of furan rings is 1. The highest BCUT2D eigenvalue weighted by atomic mass is 32.2. The molecule has 1 rings (SSSR count). The van der Waals surface area contributed by atoms with Crippen LogP contribution in [-0.4, -0.2) is 28.9 Å². The van der Waals surface area contributed by atoms with Crippen LogP contribution in [0.25, 0.3) is 0 Å². The maximum Gasteiger partial charge on any atom is 0.441 e. The number of rotatable bonds is 6. The van der Waals surface area contributed by atoms with E-state index in [0.717, 1.165) is 0 Å². The van der Waals surface area contributed by atoms with E-state index < -0.39 is 11.5 Å². The minimum Gasteiger partial charge on any atom is -0.478 e. The van der Waals surface area contributed by atoms with Crippen LogP contribution in [0.4, 0.5) is 13.2 Å². The largest absolute Gasteiger partial charge is 0.478 e. The number of halogens is 3. The van der Waals surface area contributed by atoms with E-state index in [-0.39, 0.29) is 41.9 Å². The lowest BCUT2D eigenvalue weighted by Crippen LogP contribution is -2.19. The minimum absolute atomic E-state index is 0.0148. The lowest BCUT2D eigenvalue weighted by atomic mass is 10.2. The summed E-state index contributed by atoms with van der Waals surface area (Å²) in [6.07, 6.45) is 1.23. The number of carboxylic acid groups (broad SMARTS) is 1. The molecule has 96 valence electrons. The first-order valence-corrected chi connectivity index (χ1v) is 5.60. The van der Waals surface area contributed by atoms with E-state index in [1.807, 2.05) is 0 Å². The molecule has 8 heteroatoms. The van der Waals surface area contributed by atoms with Gasteiger partial charge in [0, 0.05) is 12.3 Å². The van der Waals surface area contributed by atoms with Crippen LogP contribution in [0.3, 0.4) is 0 Å². The number of alkyl halides is 3. The van der Waals surface area contributed by atoms with Crippen molar-refractivity contribution in [2.24, 2.45) is 0 Å². The summed E-state index contributed by atoms with van der Waals surface area (Å²) in [7, 11) is 0. The third-order valence-corrected chi connectivity index (χ3v) is 2.54. The first kappa shape index (κ1) is 13.9. The molecule has 1 heterocycles. The van der Waals surface area contributed by atoms with E-state index in [1.165, 1.54) is 12.3 Å². The lowest BCUT2D eigenvalue weighted by molar-refractivity contribution is -0.0327. The molecule has 0 spiro atoms. The van der Waals surface area contributed by atoms with Crippen molar-refractivity contribution in [3.63, 3.8) is 0 Å². The standard InChI is InChI=1S/C9H10F3NO3S/c10-9(11,12)17-4-2-13-5-7-6(8(14)15)1-3-16-7/h1,3,13H,2,4-5H2,(H,14,15). The Morgan fingerprint density at radius 2 is 2.24 bits per heavy atom. The third kappa shape index (κ3) is 5.14. The molecule has 0 bridgehead atoms. The number of hydrogen-bond acceptors (Lipinski definition) is 4. The summed E-state index contributed by atoms with van der Waals surface area (Å²) in [6.45, 7) is 0.205. The first-order chi connectivity index (χ1) is 7.90. The van der Waals surface area contributed by atoms with Gasteiger partial charge in [-0.3, -0.25) is 0 Å². The first-order valence-electron chi connectivity index (χ1n) is 4.61. The van der Waals surface area contributed by atoms with Crippen molar-refractivity contribution in [1.29, 1.82) is 0 Å². The van der Waals surface area contributed by atoms with Crippen LogP contribution in [0.15, 0.2) is 16.7 Å². The smallest absolute Gasteiger partial charge is 0.441 e. The van der Waals surface area contributed by atoms with Crippen molar-refractivity contribution < 1.29 is 27.5 Å². The van der Waals surface area contributed by atoms with Crippen molar-refractivity contribution in [2.45, 2.75) is 12.1 Å². The molecule has 1 aromatic heterocycles. The molecule has 17 heavy (non-hydrogen) atoms. The highest BCUT2D eigenvalue weighted by Crippen LogP contribution is 2.29. The quantitative estimate of drug-likeness (QED) is 0.776. The molecule has 4 nitrogen and oxygen atoms in total. The molecule has 0 saturated heterocycles. The van der Waals surface area contributed by atoms with Gasteiger partial charge in [-0.1, -0.05) is 0 Å². The van der Waals surface area contributed by atoms with E-state index in [4.69, 9.17) is 9.52 Å². The summed E-state index contributed by atoms with van der Waals surface area (Å²) in [6, 6.07) is 1.30. The average molecular weight is 269 g/mol. The van der Waals surface area contributed by atoms with E-state index in [2.05, 4.69) is 5.32 Å². The van der Waals surface area contributed by atoms with Gasteiger partial charge >= 0.3 is 11.5 Å². The summed E-state index contributed by atoms with van der Waals surface area (Å²) in [5.41, 5.74) is -4.22. The molecule has 0 fully saturated rings. The summed E-state index contributed by atoms with van der Waals surface area (Å²) in [4.78, 5) is 10.7. The van der Waals surface area contributed by atoms with Crippen molar-refractivity contribution in [1.82, 2.24) is 5.32 Å². The predicted molar refractivity (Wildman–Crippen MR) is 55.9 cm³/mol. The van der Waals surface area contributed by atoms with Crippen molar-refractivity contribution >= 4 is 17.7 Å². The zero-order valence-electron chi connectivity index (χ0n) is 8.58. The number of thioether (sulfide) groups is 1. The van der Waals surface area contributed by atoms with Crippen LogP contribution < -0.4 is 5.32 Å². The van der Waals surface area contributed by atoms with Crippen LogP contribution in [0.1, 0.15) is 16.1 Å². The van der Waals surface area contributed by atoms with E-state index in [9.17, 15) is 18.0 Å². The Morgan fingerprint density at radius 1 is 1.53 bits per heavy atom. The molecule has 0 aromatic carbocycles. The Labute approximate surface area is 99.2 Å². The molecule has 2 N–H and O–H groups in total. The number of carbonyl (C=O) groups is 1. The number of aromatic carboxylic acids is 1. The summed E-state index contributed by atoms with van der Waals surface area (Å²) in [5, 5.41) is 11.4. The van der Waals surface area contributed by atoms with Crippen LogP contribution in [0, 0.1) is 0 Å². The van der Waals surface area contributed by atoms with E-state index in [0.29, 0.717) is 0 Å². The zero-order valence-corrected chi connectivity index (χ0v) is 9.40. The minimum atomic E-state index is -4.24. The Kier molecular flexibility index (Phi) is 4.88. The van der Waals surface area contributed by atoms with Gasteiger partial charge in [0.1, 0.15) is 11.3 Å². The molecule has 0 aliphatic carbocycles. The van der Waals surface area contributed by atoms with Crippen molar-refractivity contribution in [3.05, 3.63) is 23.7 Å². The van der Waals surface area contributed by atoms with Crippen molar-refractivity contribution in [3.8, 4) is 0 Å². The average Bonchev–Trinajstić information content (AvgIpc) is 2.63. The summed E-state index contributed by atoms with van der Waals surface area (Å²) < 4.78 is 40.2. The molecule has 0 saturated carbocycles. The summed E-state index contributed by atoms with van der Waals surface area (Å²) >= 11 is -0.128. The van der Waals surface area contributed by atoms with Crippen LogP contribution in [0.2, 0.25) is 0 Å². The Hall–Kier alpha value is -1.15. The molecule has 0 amide bonds. The maximum atomic E-state index is 11.8. The molecular weight excluding hydrogens is 259 g/mol. The van der Waals surface area contributed by atoms with Gasteiger partial charge < -0.3 is 14.8 Å². The molecule has 0 aliphatic rings. The lowest BCUT2D eigenvalue weighted by Gasteiger charge is -2.06. The third-order valence-electron chi connectivity index (χ3n) is 1.81.